The fraction of sp³-hybridized carbons (Fsp3) is 0.222. The molecule has 0 spiro atoms. The first-order chi connectivity index (χ1) is 9.69. The summed E-state index contributed by atoms with van der Waals surface area (Å²) < 4.78 is 11.6. The zero-order chi connectivity index (χ0) is 14.4. The van der Waals surface area contributed by atoms with Crippen molar-refractivity contribution in [3.63, 3.8) is 0 Å². The van der Waals surface area contributed by atoms with Crippen LogP contribution in [0, 0.1) is 12.3 Å². The predicted octanol–water partition coefficient (Wildman–Crippen LogP) is 4.03. The van der Waals surface area contributed by atoms with Crippen LogP contribution in [0.15, 0.2) is 48.5 Å². The fourth-order valence-electron chi connectivity index (χ4n) is 1.80. The number of rotatable bonds is 5. The Kier molecular flexibility index (Phi) is 4.68. The Hall–Kier alpha value is -2.40. The molecule has 0 heterocycles. The molecule has 2 nitrogen and oxygen atoms in total. The summed E-state index contributed by atoms with van der Waals surface area (Å²) in [7, 11) is 0. The summed E-state index contributed by atoms with van der Waals surface area (Å²) in [6, 6.07) is 15.5. The van der Waals surface area contributed by atoms with Gasteiger partial charge in [-0.15, -0.1) is 6.42 Å². The van der Waals surface area contributed by atoms with Crippen LogP contribution in [0.25, 0.3) is 0 Å². The van der Waals surface area contributed by atoms with Gasteiger partial charge in [0, 0.05) is 5.56 Å². The van der Waals surface area contributed by atoms with E-state index in [0.29, 0.717) is 12.4 Å². The van der Waals surface area contributed by atoms with Crippen molar-refractivity contribution in [1.29, 1.82) is 0 Å². The van der Waals surface area contributed by atoms with Crippen LogP contribution in [-0.2, 0) is 6.61 Å². The van der Waals surface area contributed by atoms with E-state index in [9.17, 15) is 0 Å². The van der Waals surface area contributed by atoms with Gasteiger partial charge in [-0.2, -0.15) is 0 Å². The molecule has 0 unspecified atom stereocenters. The first-order valence-electron chi connectivity index (χ1n) is 6.63. The van der Waals surface area contributed by atoms with Crippen molar-refractivity contribution in [1.82, 2.24) is 0 Å². The Morgan fingerprint density at radius 3 is 2.45 bits per heavy atom. The van der Waals surface area contributed by atoms with Gasteiger partial charge in [-0.25, -0.2) is 0 Å². The molecule has 0 aliphatic carbocycles. The minimum Gasteiger partial charge on any atom is -0.487 e. The fourth-order valence-corrected chi connectivity index (χ4v) is 1.80. The van der Waals surface area contributed by atoms with Crippen molar-refractivity contribution >= 4 is 0 Å². The third kappa shape index (κ3) is 3.80. The maximum absolute atomic E-state index is 5.85. The van der Waals surface area contributed by atoms with Crippen molar-refractivity contribution in [2.45, 2.75) is 26.6 Å². The van der Waals surface area contributed by atoms with Gasteiger partial charge in [-0.1, -0.05) is 36.3 Å². The Balaban J connectivity index is 2.17. The van der Waals surface area contributed by atoms with Gasteiger partial charge in [-0.05, 0) is 37.6 Å². The summed E-state index contributed by atoms with van der Waals surface area (Å²) in [5.74, 6) is 4.01. The first-order valence-corrected chi connectivity index (χ1v) is 6.63. The highest BCUT2D eigenvalue weighted by atomic mass is 16.5. The Bertz CT molecular complexity index is 595. The minimum absolute atomic E-state index is 0.0887. The number of benzene rings is 2. The van der Waals surface area contributed by atoms with Crippen LogP contribution in [0.2, 0.25) is 0 Å². The van der Waals surface area contributed by atoms with Gasteiger partial charge >= 0.3 is 0 Å². The van der Waals surface area contributed by atoms with Gasteiger partial charge in [0.2, 0.25) is 0 Å². The molecule has 0 aromatic heterocycles. The third-order valence-electron chi connectivity index (χ3n) is 2.71. The maximum atomic E-state index is 5.85. The monoisotopic (exact) mass is 266 g/mol. The molecular weight excluding hydrogens is 248 g/mol. The van der Waals surface area contributed by atoms with Gasteiger partial charge in [0.1, 0.15) is 6.61 Å². The normalized spacial score (nSPS) is 10.1. The molecular formula is C18H18O2. The molecule has 102 valence electrons. The molecule has 0 saturated heterocycles. The number of ether oxygens (including phenoxy) is 2. The molecule has 0 aliphatic heterocycles. The molecule has 2 aromatic rings. The van der Waals surface area contributed by atoms with Crippen LogP contribution in [0.1, 0.15) is 25.0 Å². The van der Waals surface area contributed by atoms with Gasteiger partial charge in [0.05, 0.1) is 6.10 Å². The van der Waals surface area contributed by atoms with Gasteiger partial charge < -0.3 is 9.47 Å². The Morgan fingerprint density at radius 1 is 1.05 bits per heavy atom. The van der Waals surface area contributed by atoms with Gasteiger partial charge in [0.15, 0.2) is 11.5 Å². The second-order valence-corrected chi connectivity index (χ2v) is 4.75. The van der Waals surface area contributed by atoms with Crippen LogP contribution < -0.4 is 9.47 Å². The van der Waals surface area contributed by atoms with Crippen molar-refractivity contribution in [3.05, 3.63) is 59.7 Å². The van der Waals surface area contributed by atoms with Crippen LogP contribution >= 0.6 is 0 Å². The zero-order valence-corrected chi connectivity index (χ0v) is 11.8. The molecule has 0 saturated carbocycles. The largest absolute Gasteiger partial charge is 0.487 e. The van der Waals surface area contributed by atoms with E-state index in [2.05, 4.69) is 5.92 Å². The van der Waals surface area contributed by atoms with E-state index in [1.54, 1.807) is 0 Å². The Labute approximate surface area is 120 Å². The molecule has 2 heteroatoms. The maximum Gasteiger partial charge on any atom is 0.162 e. The number of terminal acetylenes is 1. The minimum atomic E-state index is 0.0887. The van der Waals surface area contributed by atoms with Crippen molar-refractivity contribution in [2.24, 2.45) is 0 Å². The molecule has 0 N–H and O–H groups in total. The average molecular weight is 266 g/mol. The van der Waals surface area contributed by atoms with Crippen LogP contribution in [0.3, 0.4) is 0 Å². The summed E-state index contributed by atoms with van der Waals surface area (Å²) >= 11 is 0. The van der Waals surface area contributed by atoms with Crippen molar-refractivity contribution in [2.75, 3.05) is 0 Å². The lowest BCUT2D eigenvalue weighted by molar-refractivity contribution is 0.218. The lowest BCUT2D eigenvalue weighted by Gasteiger charge is -2.15. The van der Waals surface area contributed by atoms with Gasteiger partial charge in [0.25, 0.3) is 0 Å². The molecule has 0 amide bonds. The van der Waals surface area contributed by atoms with E-state index >= 15 is 0 Å². The van der Waals surface area contributed by atoms with E-state index in [1.807, 2.05) is 62.4 Å². The number of hydrogen-bond donors (Lipinski definition) is 0. The first kappa shape index (κ1) is 14.0. The van der Waals surface area contributed by atoms with Crippen LogP contribution in [0.5, 0.6) is 11.5 Å². The molecule has 0 fully saturated rings. The highest BCUT2D eigenvalue weighted by Gasteiger charge is 2.08. The second-order valence-electron chi connectivity index (χ2n) is 4.75. The molecule has 0 bridgehead atoms. The molecule has 20 heavy (non-hydrogen) atoms. The highest BCUT2D eigenvalue weighted by Crippen LogP contribution is 2.29. The number of hydrogen-bond acceptors (Lipinski definition) is 2. The lowest BCUT2D eigenvalue weighted by atomic mass is 10.2. The molecule has 2 rings (SSSR count). The van der Waals surface area contributed by atoms with E-state index in [-0.39, 0.29) is 6.10 Å². The molecule has 0 atom stereocenters. The molecule has 0 radical (unpaired) electrons. The summed E-state index contributed by atoms with van der Waals surface area (Å²) in [4.78, 5) is 0. The van der Waals surface area contributed by atoms with E-state index in [4.69, 9.17) is 15.9 Å². The second kappa shape index (κ2) is 6.68. The van der Waals surface area contributed by atoms with E-state index in [0.717, 1.165) is 16.9 Å². The highest BCUT2D eigenvalue weighted by molar-refractivity contribution is 5.47. The zero-order valence-electron chi connectivity index (χ0n) is 11.8. The smallest absolute Gasteiger partial charge is 0.162 e. The van der Waals surface area contributed by atoms with Gasteiger partial charge in [-0.3, -0.25) is 0 Å². The van der Waals surface area contributed by atoms with Crippen LogP contribution in [-0.4, -0.2) is 6.10 Å². The predicted molar refractivity (Wildman–Crippen MR) is 80.9 cm³/mol. The van der Waals surface area contributed by atoms with Crippen molar-refractivity contribution in [3.8, 4) is 23.8 Å². The standard InChI is InChI=1S/C18H18O2/c1-4-15-10-11-17(20-14(2)3)18(12-15)19-13-16-8-6-5-7-9-16/h1,5-12,14H,13H2,2-3H3. The summed E-state index contributed by atoms with van der Waals surface area (Å²) in [6.07, 6.45) is 5.52. The quantitative estimate of drug-likeness (QED) is 0.761. The van der Waals surface area contributed by atoms with E-state index in [1.165, 1.54) is 0 Å². The summed E-state index contributed by atoms with van der Waals surface area (Å²) in [6.45, 7) is 4.45. The van der Waals surface area contributed by atoms with Crippen LogP contribution in [0.4, 0.5) is 0 Å². The Morgan fingerprint density at radius 2 is 1.80 bits per heavy atom. The van der Waals surface area contributed by atoms with Crippen molar-refractivity contribution < 1.29 is 9.47 Å². The third-order valence-corrected chi connectivity index (χ3v) is 2.71. The molecule has 2 aromatic carbocycles. The lowest BCUT2D eigenvalue weighted by Crippen LogP contribution is -2.07. The summed E-state index contributed by atoms with van der Waals surface area (Å²) in [5.41, 5.74) is 1.89. The average Bonchev–Trinajstić information content (AvgIpc) is 2.47. The molecule has 0 aliphatic rings. The SMILES string of the molecule is C#Cc1ccc(OC(C)C)c(OCc2ccccc2)c1. The van der Waals surface area contributed by atoms with E-state index < -0.39 is 0 Å². The summed E-state index contributed by atoms with van der Waals surface area (Å²) in [5, 5.41) is 0. The topological polar surface area (TPSA) is 18.5 Å².